The third-order valence-electron chi connectivity index (χ3n) is 4.07. The monoisotopic (exact) mass is 373 g/mol. The molecular formula is C19H19NO5S. The van der Waals surface area contributed by atoms with Crippen LogP contribution in [0.15, 0.2) is 41.2 Å². The Morgan fingerprint density at radius 1 is 1.12 bits per heavy atom. The standard InChI is InChI=1S/C19H19NO5S/c21-17(22)7-3-4-10-25-15-9-8-12(13-5-1-2-6-14(13)15)11-16-18(23)20-19(24)26-16/h1-2,5-6,8-9,23H,3-4,7,10-11H2,(H,20,24)(H,21,22). The summed E-state index contributed by atoms with van der Waals surface area (Å²) in [5.41, 5.74) is 0.990. The molecule has 0 aliphatic heterocycles. The van der Waals surface area contributed by atoms with Crippen molar-refractivity contribution in [2.45, 2.75) is 25.7 Å². The minimum Gasteiger partial charge on any atom is -0.494 e. The molecule has 0 fully saturated rings. The molecule has 3 rings (SSSR count). The number of rotatable bonds is 8. The molecule has 0 radical (unpaired) electrons. The number of unbranched alkanes of at least 4 members (excludes halogenated alkanes) is 1. The third kappa shape index (κ3) is 4.23. The summed E-state index contributed by atoms with van der Waals surface area (Å²) in [6, 6.07) is 11.6. The van der Waals surface area contributed by atoms with Gasteiger partial charge in [-0.1, -0.05) is 41.7 Å². The molecule has 7 heteroatoms. The molecule has 3 N–H and O–H groups in total. The molecule has 0 aliphatic carbocycles. The van der Waals surface area contributed by atoms with E-state index in [-0.39, 0.29) is 17.2 Å². The molecule has 0 saturated heterocycles. The summed E-state index contributed by atoms with van der Waals surface area (Å²) in [6.07, 6.45) is 1.85. The van der Waals surface area contributed by atoms with Crippen molar-refractivity contribution in [2.75, 3.05) is 6.61 Å². The molecular weight excluding hydrogens is 354 g/mol. The fourth-order valence-corrected chi connectivity index (χ4v) is 3.57. The second kappa shape index (κ2) is 8.05. The summed E-state index contributed by atoms with van der Waals surface area (Å²) in [5.74, 6) is -0.135. The zero-order valence-electron chi connectivity index (χ0n) is 14.0. The van der Waals surface area contributed by atoms with Crippen molar-refractivity contribution in [3.8, 4) is 11.6 Å². The average molecular weight is 373 g/mol. The molecule has 26 heavy (non-hydrogen) atoms. The molecule has 0 atom stereocenters. The zero-order chi connectivity index (χ0) is 18.5. The molecule has 6 nitrogen and oxygen atoms in total. The van der Waals surface area contributed by atoms with Gasteiger partial charge in [-0.3, -0.25) is 14.6 Å². The minimum absolute atomic E-state index is 0.0807. The Balaban J connectivity index is 1.79. The van der Waals surface area contributed by atoms with E-state index in [1.165, 1.54) is 0 Å². The average Bonchev–Trinajstić information content (AvgIpc) is 2.93. The molecule has 3 aromatic rings. The van der Waals surface area contributed by atoms with Crippen LogP contribution in [0.3, 0.4) is 0 Å². The van der Waals surface area contributed by atoms with Crippen LogP contribution < -0.4 is 9.61 Å². The van der Waals surface area contributed by atoms with E-state index < -0.39 is 5.97 Å². The SMILES string of the molecule is O=C(O)CCCCOc1ccc(Cc2sc(=O)[nH]c2O)c2ccccc12. The van der Waals surface area contributed by atoms with Crippen LogP contribution in [0.2, 0.25) is 0 Å². The Morgan fingerprint density at radius 2 is 1.88 bits per heavy atom. The van der Waals surface area contributed by atoms with E-state index in [2.05, 4.69) is 4.98 Å². The van der Waals surface area contributed by atoms with Gasteiger partial charge in [0.05, 0.1) is 11.5 Å². The van der Waals surface area contributed by atoms with Crippen LogP contribution in [0.4, 0.5) is 0 Å². The summed E-state index contributed by atoms with van der Waals surface area (Å²) in [7, 11) is 0. The number of H-pyrrole nitrogens is 1. The number of aromatic nitrogens is 1. The van der Waals surface area contributed by atoms with Crippen molar-refractivity contribution >= 4 is 28.1 Å². The summed E-state index contributed by atoms with van der Waals surface area (Å²) < 4.78 is 5.84. The third-order valence-corrected chi connectivity index (χ3v) is 4.94. The first-order valence-corrected chi connectivity index (χ1v) is 9.12. The van der Waals surface area contributed by atoms with Crippen molar-refractivity contribution < 1.29 is 19.7 Å². The van der Waals surface area contributed by atoms with E-state index in [1.807, 2.05) is 36.4 Å². The van der Waals surface area contributed by atoms with Crippen molar-refractivity contribution in [3.05, 3.63) is 56.5 Å². The van der Waals surface area contributed by atoms with Crippen LogP contribution in [0, 0.1) is 0 Å². The van der Waals surface area contributed by atoms with Gasteiger partial charge in [0.2, 0.25) is 5.88 Å². The fraction of sp³-hybridized carbons (Fsp3) is 0.263. The molecule has 0 unspecified atom stereocenters. The van der Waals surface area contributed by atoms with Crippen LogP contribution in [0.25, 0.3) is 10.8 Å². The van der Waals surface area contributed by atoms with E-state index >= 15 is 0 Å². The minimum atomic E-state index is -0.796. The van der Waals surface area contributed by atoms with Crippen molar-refractivity contribution in [1.82, 2.24) is 4.98 Å². The first kappa shape index (κ1) is 18.0. The number of aromatic amines is 1. The number of aliphatic carboxylic acids is 1. The summed E-state index contributed by atoms with van der Waals surface area (Å²) in [4.78, 5) is 24.6. The Labute approximate surface area is 153 Å². The lowest BCUT2D eigenvalue weighted by Crippen LogP contribution is -2.01. The first-order valence-electron chi connectivity index (χ1n) is 8.31. The van der Waals surface area contributed by atoms with E-state index in [1.54, 1.807) is 0 Å². The lowest BCUT2D eigenvalue weighted by Gasteiger charge is -2.12. The van der Waals surface area contributed by atoms with Gasteiger partial charge in [-0.25, -0.2) is 0 Å². The van der Waals surface area contributed by atoms with Gasteiger partial charge in [-0.05, 0) is 29.9 Å². The largest absolute Gasteiger partial charge is 0.494 e. The molecule has 0 aliphatic rings. The van der Waals surface area contributed by atoms with E-state index in [0.29, 0.717) is 30.7 Å². The quantitative estimate of drug-likeness (QED) is 0.525. The maximum Gasteiger partial charge on any atom is 0.307 e. The smallest absolute Gasteiger partial charge is 0.307 e. The number of carboxylic acid groups (broad SMARTS) is 1. The molecule has 0 amide bonds. The highest BCUT2D eigenvalue weighted by molar-refractivity contribution is 7.09. The number of nitrogens with one attached hydrogen (secondary N) is 1. The van der Waals surface area contributed by atoms with E-state index in [9.17, 15) is 14.7 Å². The second-order valence-electron chi connectivity index (χ2n) is 5.93. The van der Waals surface area contributed by atoms with Gasteiger partial charge in [-0.2, -0.15) is 0 Å². The van der Waals surface area contributed by atoms with Crippen LogP contribution in [-0.2, 0) is 11.2 Å². The lowest BCUT2D eigenvalue weighted by atomic mass is 10.0. The number of ether oxygens (including phenoxy) is 1. The lowest BCUT2D eigenvalue weighted by molar-refractivity contribution is -0.137. The Bertz CT molecular complexity index is 975. The molecule has 0 saturated carbocycles. The normalized spacial score (nSPS) is 10.9. The number of fused-ring (bicyclic) bond motifs is 1. The van der Waals surface area contributed by atoms with Gasteiger partial charge in [0, 0.05) is 18.2 Å². The van der Waals surface area contributed by atoms with Crippen molar-refractivity contribution in [2.24, 2.45) is 0 Å². The number of hydrogen-bond donors (Lipinski definition) is 3. The van der Waals surface area contributed by atoms with Crippen molar-refractivity contribution in [3.63, 3.8) is 0 Å². The summed E-state index contributed by atoms with van der Waals surface area (Å²) in [6.45, 7) is 0.455. The highest BCUT2D eigenvalue weighted by atomic mass is 32.1. The highest BCUT2D eigenvalue weighted by Crippen LogP contribution is 2.31. The van der Waals surface area contributed by atoms with Gasteiger partial charge in [0.1, 0.15) is 5.75 Å². The van der Waals surface area contributed by atoms with Crippen LogP contribution >= 0.6 is 11.3 Å². The Morgan fingerprint density at radius 3 is 2.58 bits per heavy atom. The van der Waals surface area contributed by atoms with E-state index in [0.717, 1.165) is 33.4 Å². The summed E-state index contributed by atoms with van der Waals surface area (Å²) in [5, 5.41) is 20.4. The van der Waals surface area contributed by atoms with Gasteiger partial charge >= 0.3 is 10.8 Å². The molecule has 2 aromatic carbocycles. The second-order valence-corrected chi connectivity index (χ2v) is 7.00. The molecule has 1 aromatic heterocycles. The number of carboxylic acids is 1. The molecule has 0 spiro atoms. The topological polar surface area (TPSA) is 99.6 Å². The Hall–Kier alpha value is -2.80. The zero-order valence-corrected chi connectivity index (χ0v) is 14.8. The number of thiazole rings is 1. The predicted octanol–water partition coefficient (Wildman–Crippen LogP) is 3.52. The molecule has 136 valence electrons. The van der Waals surface area contributed by atoms with Gasteiger partial charge < -0.3 is 14.9 Å². The molecule has 1 heterocycles. The van der Waals surface area contributed by atoms with E-state index in [4.69, 9.17) is 9.84 Å². The van der Waals surface area contributed by atoms with Crippen molar-refractivity contribution in [1.29, 1.82) is 0 Å². The summed E-state index contributed by atoms with van der Waals surface area (Å²) >= 11 is 1.00. The number of benzene rings is 2. The van der Waals surface area contributed by atoms with Gasteiger partial charge in [0.15, 0.2) is 0 Å². The number of aromatic hydroxyl groups is 1. The fourth-order valence-electron chi connectivity index (χ4n) is 2.82. The van der Waals surface area contributed by atoms with Crippen LogP contribution in [0.5, 0.6) is 11.6 Å². The Kier molecular flexibility index (Phi) is 5.58. The predicted molar refractivity (Wildman–Crippen MR) is 100 cm³/mol. The maximum atomic E-state index is 11.4. The highest BCUT2D eigenvalue weighted by Gasteiger charge is 2.12. The maximum absolute atomic E-state index is 11.4. The van der Waals surface area contributed by atoms with Crippen LogP contribution in [-0.4, -0.2) is 27.8 Å². The number of carbonyl (C=O) groups is 1. The number of hydrogen-bond acceptors (Lipinski definition) is 5. The van der Waals surface area contributed by atoms with Gasteiger partial charge in [-0.15, -0.1) is 0 Å². The van der Waals surface area contributed by atoms with Crippen LogP contribution in [0.1, 0.15) is 29.7 Å². The molecule has 0 bridgehead atoms. The first-order chi connectivity index (χ1) is 12.5. The van der Waals surface area contributed by atoms with Gasteiger partial charge in [0.25, 0.3) is 0 Å².